The highest BCUT2D eigenvalue weighted by molar-refractivity contribution is 8.01. The molecule has 0 saturated heterocycles. The number of thiazole rings is 1. The Bertz CT molecular complexity index is 419. The fraction of sp³-hybridized carbons (Fsp3) is 0.444. The summed E-state index contributed by atoms with van der Waals surface area (Å²) in [6.45, 7) is 1.87. The first-order valence-electron chi connectivity index (χ1n) is 4.90. The lowest BCUT2D eigenvalue weighted by atomic mass is 10.4. The highest BCUT2D eigenvalue weighted by Gasteiger charge is 2.09. The van der Waals surface area contributed by atoms with Crippen LogP contribution in [-0.4, -0.2) is 29.7 Å². The highest BCUT2D eigenvalue weighted by atomic mass is 32.2. The third-order valence-electron chi connectivity index (χ3n) is 1.81. The van der Waals surface area contributed by atoms with Crippen molar-refractivity contribution in [2.24, 2.45) is 0 Å². The predicted molar refractivity (Wildman–Crippen MR) is 69.2 cm³/mol. The number of anilines is 1. The van der Waals surface area contributed by atoms with E-state index in [2.05, 4.69) is 15.6 Å². The standard InChI is InChI=1S/C9H14N4O2S2/c1-5-7(17-8(10)12-5)16-4-3-6(14)13-9(15)11-2/h3-4H2,1-2H3,(H2,10,12)(H2,11,13,14,15). The quantitative estimate of drug-likeness (QED) is 0.711. The van der Waals surface area contributed by atoms with Crippen LogP contribution in [0.15, 0.2) is 4.21 Å². The summed E-state index contributed by atoms with van der Waals surface area (Å²) in [5.74, 6) is 0.290. The molecule has 0 aromatic carbocycles. The van der Waals surface area contributed by atoms with Crippen LogP contribution in [0, 0.1) is 6.92 Å². The molecule has 17 heavy (non-hydrogen) atoms. The number of rotatable bonds is 4. The molecule has 0 radical (unpaired) electrons. The van der Waals surface area contributed by atoms with Gasteiger partial charge >= 0.3 is 6.03 Å². The molecule has 4 N–H and O–H groups in total. The highest BCUT2D eigenvalue weighted by Crippen LogP contribution is 2.30. The Hall–Kier alpha value is -1.28. The smallest absolute Gasteiger partial charge is 0.321 e. The summed E-state index contributed by atoms with van der Waals surface area (Å²) in [5.41, 5.74) is 6.44. The van der Waals surface area contributed by atoms with E-state index in [9.17, 15) is 9.59 Å². The zero-order chi connectivity index (χ0) is 12.8. The fourth-order valence-electron chi connectivity index (χ4n) is 1.02. The van der Waals surface area contributed by atoms with Crippen molar-refractivity contribution < 1.29 is 9.59 Å². The van der Waals surface area contributed by atoms with E-state index in [1.54, 1.807) is 0 Å². The number of carbonyl (C=O) groups is 2. The average Bonchev–Trinajstić information content (AvgIpc) is 2.57. The Morgan fingerprint density at radius 3 is 2.76 bits per heavy atom. The van der Waals surface area contributed by atoms with E-state index in [0.29, 0.717) is 10.9 Å². The summed E-state index contributed by atoms with van der Waals surface area (Å²) in [6, 6.07) is -0.488. The van der Waals surface area contributed by atoms with Gasteiger partial charge in [-0.1, -0.05) is 11.3 Å². The van der Waals surface area contributed by atoms with Crippen molar-refractivity contribution in [1.29, 1.82) is 0 Å². The minimum absolute atomic E-state index is 0.273. The summed E-state index contributed by atoms with van der Waals surface area (Å²) in [5, 5.41) is 5.04. The molecule has 0 spiro atoms. The fourth-order valence-corrected chi connectivity index (χ4v) is 3.06. The van der Waals surface area contributed by atoms with Gasteiger partial charge in [-0.25, -0.2) is 9.78 Å². The lowest BCUT2D eigenvalue weighted by molar-refractivity contribution is -0.119. The Labute approximate surface area is 107 Å². The number of carbonyl (C=O) groups excluding carboxylic acids is 2. The SMILES string of the molecule is CNC(=O)NC(=O)CCSc1sc(N)nc1C. The minimum atomic E-state index is -0.488. The molecule has 6 nitrogen and oxygen atoms in total. The topological polar surface area (TPSA) is 97.1 Å². The van der Waals surface area contributed by atoms with Crippen LogP contribution in [0.4, 0.5) is 9.93 Å². The van der Waals surface area contributed by atoms with Gasteiger partial charge in [0.15, 0.2) is 5.13 Å². The maximum absolute atomic E-state index is 11.3. The van der Waals surface area contributed by atoms with Gasteiger partial charge in [-0.05, 0) is 6.92 Å². The summed E-state index contributed by atoms with van der Waals surface area (Å²) < 4.78 is 1.01. The van der Waals surface area contributed by atoms with E-state index in [1.165, 1.54) is 30.1 Å². The molecule has 3 amide bonds. The third-order valence-corrected chi connectivity index (χ3v) is 4.16. The molecule has 0 unspecified atom stereocenters. The van der Waals surface area contributed by atoms with E-state index in [1.807, 2.05) is 6.92 Å². The number of nitrogens with two attached hydrogens (primary N) is 1. The number of hydrogen-bond donors (Lipinski definition) is 3. The molecule has 0 saturated carbocycles. The normalized spacial score (nSPS) is 10.0. The van der Waals surface area contributed by atoms with Crippen LogP contribution < -0.4 is 16.4 Å². The van der Waals surface area contributed by atoms with Gasteiger partial charge in [0.05, 0.1) is 9.90 Å². The van der Waals surface area contributed by atoms with Crippen LogP contribution in [0.2, 0.25) is 0 Å². The first-order chi connectivity index (χ1) is 8.02. The summed E-state index contributed by atoms with van der Waals surface area (Å²) in [7, 11) is 1.46. The van der Waals surface area contributed by atoms with Crippen LogP contribution in [0.25, 0.3) is 0 Å². The Balaban J connectivity index is 2.30. The molecule has 8 heteroatoms. The van der Waals surface area contributed by atoms with Gasteiger partial charge in [0.2, 0.25) is 5.91 Å². The third kappa shape index (κ3) is 4.61. The summed E-state index contributed by atoms with van der Waals surface area (Å²) in [4.78, 5) is 26.2. The Morgan fingerprint density at radius 2 is 2.24 bits per heavy atom. The average molecular weight is 274 g/mol. The number of nitrogen functional groups attached to an aromatic ring is 1. The predicted octanol–water partition coefficient (Wildman–Crippen LogP) is 0.972. The molecule has 1 heterocycles. The second-order valence-corrected chi connectivity index (χ2v) is 5.54. The Kier molecular flexibility index (Phi) is 5.23. The molecule has 0 fully saturated rings. The second kappa shape index (κ2) is 6.45. The van der Waals surface area contributed by atoms with Crippen molar-refractivity contribution in [2.45, 2.75) is 17.6 Å². The molecular weight excluding hydrogens is 260 g/mol. The molecule has 1 aromatic rings. The number of thioether (sulfide) groups is 1. The van der Waals surface area contributed by atoms with E-state index >= 15 is 0 Å². The molecule has 1 rings (SSSR count). The van der Waals surface area contributed by atoms with Gasteiger partial charge in [-0.15, -0.1) is 11.8 Å². The molecular formula is C9H14N4O2S2. The molecule has 0 atom stereocenters. The van der Waals surface area contributed by atoms with Crippen molar-refractivity contribution in [3.63, 3.8) is 0 Å². The first kappa shape index (κ1) is 13.8. The van der Waals surface area contributed by atoms with Crippen molar-refractivity contribution in [1.82, 2.24) is 15.6 Å². The van der Waals surface area contributed by atoms with Crippen molar-refractivity contribution in [2.75, 3.05) is 18.5 Å². The molecule has 0 aliphatic carbocycles. The van der Waals surface area contributed by atoms with Gasteiger partial charge in [0.1, 0.15) is 0 Å². The van der Waals surface area contributed by atoms with Crippen LogP contribution in [0.3, 0.4) is 0 Å². The van der Waals surface area contributed by atoms with Gasteiger partial charge in [0.25, 0.3) is 0 Å². The van der Waals surface area contributed by atoms with Crippen LogP contribution in [0.1, 0.15) is 12.1 Å². The van der Waals surface area contributed by atoms with Crippen molar-refractivity contribution in [3.8, 4) is 0 Å². The number of aromatic nitrogens is 1. The monoisotopic (exact) mass is 274 g/mol. The van der Waals surface area contributed by atoms with E-state index < -0.39 is 6.03 Å². The number of nitrogens with one attached hydrogen (secondary N) is 2. The number of amides is 3. The maximum atomic E-state index is 11.3. The zero-order valence-electron chi connectivity index (χ0n) is 9.57. The van der Waals surface area contributed by atoms with E-state index in [0.717, 1.165) is 9.90 Å². The maximum Gasteiger partial charge on any atom is 0.321 e. The van der Waals surface area contributed by atoms with Gasteiger partial charge in [0, 0.05) is 19.2 Å². The molecule has 94 valence electrons. The minimum Gasteiger partial charge on any atom is -0.375 e. The first-order valence-corrected chi connectivity index (χ1v) is 6.70. The van der Waals surface area contributed by atoms with E-state index in [4.69, 9.17) is 5.73 Å². The summed E-state index contributed by atoms with van der Waals surface area (Å²) in [6.07, 6.45) is 0.273. The van der Waals surface area contributed by atoms with E-state index in [-0.39, 0.29) is 12.3 Å². The zero-order valence-corrected chi connectivity index (χ0v) is 11.2. The Morgan fingerprint density at radius 1 is 1.53 bits per heavy atom. The number of imide groups is 1. The van der Waals surface area contributed by atoms with Crippen molar-refractivity contribution in [3.05, 3.63) is 5.69 Å². The lowest BCUT2D eigenvalue weighted by Gasteiger charge is -2.02. The van der Waals surface area contributed by atoms with Gasteiger partial charge in [-0.2, -0.15) is 0 Å². The number of nitrogens with zero attached hydrogens (tertiary/aromatic N) is 1. The van der Waals surface area contributed by atoms with Crippen molar-refractivity contribution >= 4 is 40.2 Å². The largest absolute Gasteiger partial charge is 0.375 e. The van der Waals surface area contributed by atoms with Crippen LogP contribution in [0.5, 0.6) is 0 Å². The van der Waals surface area contributed by atoms with Gasteiger partial charge < -0.3 is 11.1 Å². The van der Waals surface area contributed by atoms with Gasteiger partial charge in [-0.3, -0.25) is 10.1 Å². The molecule has 0 aliphatic heterocycles. The molecule has 1 aromatic heterocycles. The van der Waals surface area contributed by atoms with Crippen LogP contribution >= 0.6 is 23.1 Å². The summed E-state index contributed by atoms with van der Waals surface area (Å²) >= 11 is 2.92. The second-order valence-electron chi connectivity index (χ2n) is 3.15. The number of hydrogen-bond acceptors (Lipinski definition) is 6. The van der Waals surface area contributed by atoms with Crippen LogP contribution in [-0.2, 0) is 4.79 Å². The number of urea groups is 1. The number of aryl methyl sites for hydroxylation is 1. The molecule has 0 aliphatic rings. The lowest BCUT2D eigenvalue weighted by Crippen LogP contribution is -2.37. The molecule has 0 bridgehead atoms.